The molecule has 0 amide bonds. The van der Waals surface area contributed by atoms with Crippen LogP contribution in [-0.4, -0.2) is 86.9 Å². The van der Waals surface area contributed by atoms with Crippen LogP contribution in [0.15, 0.2) is 30.3 Å². The number of carbonyl (C=O) groups is 4. The van der Waals surface area contributed by atoms with Gasteiger partial charge in [-0.2, -0.15) is 0 Å². The number of Topliss-reactive ketones (excluding diaryl/α,β-unsaturated/α-hetero) is 2. The fraction of sp³-hybridized carbons (Fsp3) is 0.673. The van der Waals surface area contributed by atoms with Crippen LogP contribution in [0, 0.1) is 0 Å². The molecule has 2 heterocycles. The number of esters is 2. The molecule has 0 atom stereocenters. The van der Waals surface area contributed by atoms with Gasteiger partial charge in [-0.1, -0.05) is 85.2 Å². The molecule has 0 aromatic heterocycles. The maximum Gasteiger partial charge on any atom is 0.325 e. The lowest BCUT2D eigenvalue weighted by Crippen LogP contribution is -2.60. The van der Waals surface area contributed by atoms with E-state index in [1.165, 1.54) is 0 Å². The average Bonchev–Trinajstić information content (AvgIpc) is 3.06. The topological polar surface area (TPSA) is 113 Å². The van der Waals surface area contributed by atoms with Gasteiger partial charge in [0.05, 0.1) is 0 Å². The quantitative estimate of drug-likeness (QED) is 0.103. The summed E-state index contributed by atoms with van der Waals surface area (Å²) in [5, 5.41) is 12.7. The van der Waals surface area contributed by atoms with Gasteiger partial charge in [0.15, 0.2) is 5.92 Å². The Morgan fingerprint density at radius 1 is 0.690 bits per heavy atom. The fourth-order valence-electron chi connectivity index (χ4n) is 9.88. The van der Waals surface area contributed by atoms with Crippen LogP contribution < -0.4 is 0 Å². The normalized spacial score (nSPS) is 20.2. The lowest BCUT2D eigenvalue weighted by Gasteiger charge is -2.53. The van der Waals surface area contributed by atoms with E-state index in [4.69, 9.17) is 9.47 Å². The number of unbranched alkanes of at least 4 members (excludes halogenated alkanes) is 1. The summed E-state index contributed by atoms with van der Waals surface area (Å²) in [6, 6.07) is 8.35. The van der Waals surface area contributed by atoms with Crippen LogP contribution in [0.5, 0.6) is 5.75 Å². The Hall–Kier alpha value is -3.56. The average molecular weight is 803 g/mol. The van der Waals surface area contributed by atoms with Crippen LogP contribution in [0.3, 0.4) is 0 Å². The molecule has 2 aromatic rings. The standard InChI is InChI=1S/C49H74N2O7/c1-18-19-25-33-34(40(53)39(52)30-23-21-20-22-24-30)35(38(45(5,6)7)41(54)37(33)44(2,3)4)36(42(55)57-31-26-46(8,9)50(16)47(10,11)27-31)43(56)58-32-28-48(12,13)51(17)49(14,15)29-32/h20-24,31-32,36,54H,18-19,25-29H2,1-17H3. The lowest BCUT2D eigenvalue weighted by molar-refractivity contribution is -0.172. The number of ketones is 2. The number of hydrogen-bond donors (Lipinski definition) is 1. The zero-order valence-electron chi connectivity index (χ0n) is 38.9. The molecule has 1 N–H and O–H groups in total. The van der Waals surface area contributed by atoms with Crippen LogP contribution in [0.1, 0.15) is 191 Å². The third-order valence-electron chi connectivity index (χ3n) is 13.2. The Balaban J connectivity index is 2.12. The minimum Gasteiger partial charge on any atom is -0.507 e. The predicted molar refractivity (Wildman–Crippen MR) is 232 cm³/mol. The van der Waals surface area contributed by atoms with E-state index in [2.05, 4.69) is 79.3 Å². The van der Waals surface area contributed by atoms with Crippen LogP contribution in [0.2, 0.25) is 0 Å². The minimum atomic E-state index is -1.77. The van der Waals surface area contributed by atoms with Crippen molar-refractivity contribution in [3.8, 4) is 5.75 Å². The summed E-state index contributed by atoms with van der Waals surface area (Å²) in [6.07, 6.45) is 2.66. The monoisotopic (exact) mass is 803 g/mol. The molecule has 0 bridgehead atoms. The van der Waals surface area contributed by atoms with Crippen molar-refractivity contribution < 1.29 is 33.8 Å². The zero-order chi connectivity index (χ0) is 44.1. The van der Waals surface area contributed by atoms with E-state index in [0.29, 0.717) is 49.7 Å². The molecule has 0 saturated carbocycles. The molecule has 58 heavy (non-hydrogen) atoms. The summed E-state index contributed by atoms with van der Waals surface area (Å²) < 4.78 is 13.0. The molecule has 2 aliphatic heterocycles. The fourth-order valence-corrected chi connectivity index (χ4v) is 9.88. The molecule has 2 fully saturated rings. The second-order valence-electron chi connectivity index (χ2n) is 21.7. The Morgan fingerprint density at radius 3 is 1.45 bits per heavy atom. The molecule has 4 rings (SSSR count). The lowest BCUT2D eigenvalue weighted by atomic mass is 9.69. The van der Waals surface area contributed by atoms with Gasteiger partial charge in [0, 0.05) is 70.1 Å². The molecule has 2 aliphatic rings. The van der Waals surface area contributed by atoms with Crippen molar-refractivity contribution in [2.45, 2.75) is 200 Å². The third-order valence-corrected chi connectivity index (χ3v) is 13.2. The number of carbonyl (C=O) groups excluding carboxylic acids is 4. The molecule has 0 aliphatic carbocycles. The minimum absolute atomic E-state index is 0.00581. The second-order valence-corrected chi connectivity index (χ2v) is 21.7. The molecule has 9 nitrogen and oxygen atoms in total. The summed E-state index contributed by atoms with van der Waals surface area (Å²) in [5.41, 5.74) is -1.53. The molecular formula is C49H74N2O7. The summed E-state index contributed by atoms with van der Waals surface area (Å²) in [5.74, 6) is -5.16. The highest BCUT2D eigenvalue weighted by Gasteiger charge is 2.50. The largest absolute Gasteiger partial charge is 0.507 e. The van der Waals surface area contributed by atoms with Gasteiger partial charge in [-0.05, 0) is 104 Å². The molecule has 2 saturated heterocycles. The van der Waals surface area contributed by atoms with Crippen LogP contribution in [-0.2, 0) is 36.3 Å². The van der Waals surface area contributed by atoms with Gasteiger partial charge < -0.3 is 14.6 Å². The van der Waals surface area contributed by atoms with E-state index >= 15 is 14.4 Å². The van der Waals surface area contributed by atoms with Crippen molar-refractivity contribution in [1.29, 1.82) is 0 Å². The predicted octanol–water partition coefficient (Wildman–Crippen LogP) is 9.87. The second kappa shape index (κ2) is 16.5. The number of likely N-dealkylation sites (tertiary alicyclic amines) is 2. The Kier molecular flexibility index (Phi) is 13.4. The maximum atomic E-state index is 15.3. The summed E-state index contributed by atoms with van der Waals surface area (Å²) >= 11 is 0. The van der Waals surface area contributed by atoms with Gasteiger partial charge in [0.1, 0.15) is 18.0 Å². The number of phenolic OH excluding ortho intramolecular Hbond substituents is 1. The van der Waals surface area contributed by atoms with Crippen molar-refractivity contribution in [1.82, 2.24) is 9.80 Å². The van der Waals surface area contributed by atoms with E-state index in [9.17, 15) is 9.90 Å². The summed E-state index contributed by atoms with van der Waals surface area (Å²) in [7, 11) is 4.13. The van der Waals surface area contributed by atoms with Gasteiger partial charge in [-0.3, -0.25) is 29.0 Å². The Labute approximate surface area is 349 Å². The molecular weight excluding hydrogens is 729 g/mol. The highest BCUT2D eigenvalue weighted by Crippen LogP contribution is 2.50. The number of rotatable bonds is 11. The molecule has 9 heteroatoms. The van der Waals surface area contributed by atoms with Gasteiger partial charge >= 0.3 is 11.9 Å². The molecule has 322 valence electrons. The maximum absolute atomic E-state index is 15.3. The highest BCUT2D eigenvalue weighted by molar-refractivity contribution is 6.50. The van der Waals surface area contributed by atoms with Crippen molar-refractivity contribution in [2.75, 3.05) is 14.1 Å². The van der Waals surface area contributed by atoms with Crippen LogP contribution in [0.4, 0.5) is 0 Å². The number of ether oxygens (including phenoxy) is 2. The van der Waals surface area contributed by atoms with E-state index < -0.39 is 52.5 Å². The first kappa shape index (κ1) is 47.1. The van der Waals surface area contributed by atoms with Crippen LogP contribution >= 0.6 is 0 Å². The van der Waals surface area contributed by atoms with Crippen LogP contribution in [0.25, 0.3) is 0 Å². The molecule has 0 radical (unpaired) electrons. The van der Waals surface area contributed by atoms with Gasteiger partial charge in [-0.15, -0.1) is 0 Å². The number of phenols is 1. The van der Waals surface area contributed by atoms with Gasteiger partial charge in [0.2, 0.25) is 11.6 Å². The SMILES string of the molecule is CCCCc1c(C(=O)C(=O)c2ccccc2)c(C(C(=O)OC2CC(C)(C)N(C)C(C)(C)C2)C(=O)OC2CC(C)(C)N(C)C(C)(C)C2)c(C(C)(C)C)c(O)c1C(C)(C)C. The van der Waals surface area contributed by atoms with E-state index in [0.717, 1.165) is 6.42 Å². The number of piperidine rings is 2. The zero-order valence-corrected chi connectivity index (χ0v) is 38.9. The molecule has 0 unspecified atom stereocenters. The van der Waals surface area contributed by atoms with Crippen molar-refractivity contribution in [3.05, 3.63) is 63.7 Å². The summed E-state index contributed by atoms with van der Waals surface area (Å²) in [4.78, 5) is 64.8. The first-order valence-corrected chi connectivity index (χ1v) is 21.3. The van der Waals surface area contributed by atoms with Gasteiger partial charge in [0.25, 0.3) is 0 Å². The summed E-state index contributed by atoms with van der Waals surface area (Å²) in [6.45, 7) is 30.4. The smallest absolute Gasteiger partial charge is 0.325 e. The van der Waals surface area contributed by atoms with Crippen molar-refractivity contribution >= 4 is 23.5 Å². The first-order chi connectivity index (χ1) is 26.4. The van der Waals surface area contributed by atoms with E-state index in [-0.39, 0.29) is 50.2 Å². The van der Waals surface area contributed by atoms with E-state index in [1.807, 2.05) is 48.5 Å². The first-order valence-electron chi connectivity index (χ1n) is 21.3. The number of hydrogen-bond acceptors (Lipinski definition) is 9. The van der Waals surface area contributed by atoms with E-state index in [1.54, 1.807) is 30.3 Å². The molecule has 2 aromatic carbocycles. The number of benzene rings is 2. The Bertz CT molecular complexity index is 1780. The number of aromatic hydroxyl groups is 1. The molecule has 0 spiro atoms. The number of nitrogens with zero attached hydrogens (tertiary/aromatic N) is 2. The van der Waals surface area contributed by atoms with Crippen molar-refractivity contribution in [3.63, 3.8) is 0 Å². The third kappa shape index (κ3) is 9.57. The van der Waals surface area contributed by atoms with Crippen molar-refractivity contribution in [2.24, 2.45) is 0 Å². The van der Waals surface area contributed by atoms with Gasteiger partial charge in [-0.25, -0.2) is 0 Å². The highest BCUT2D eigenvalue weighted by atomic mass is 16.6. The Morgan fingerprint density at radius 2 is 1.09 bits per heavy atom.